The number of carboxylic acid groups (broad SMARTS) is 1. The number of aliphatic hydroxyl groups excluding tert-OH is 1. The third kappa shape index (κ3) is 4.29. The van der Waals surface area contributed by atoms with E-state index in [9.17, 15) is 29.4 Å². The Morgan fingerprint density at radius 2 is 2.08 bits per heavy atom. The average molecular weight is 513 g/mol. The summed E-state index contributed by atoms with van der Waals surface area (Å²) in [5.74, 6) is -3.22. The van der Waals surface area contributed by atoms with Crippen LogP contribution >= 0.6 is 11.3 Å². The summed E-state index contributed by atoms with van der Waals surface area (Å²) >= 11 is 1.22. The van der Waals surface area contributed by atoms with E-state index in [1.54, 1.807) is 36.0 Å². The quantitative estimate of drug-likeness (QED) is 0.210. The highest BCUT2D eigenvalue weighted by molar-refractivity contribution is 7.18. The molecule has 4 atom stereocenters. The molecule has 4 N–H and O–H groups in total. The number of amides is 1. The molecule has 0 radical (unpaired) electrons. The minimum absolute atomic E-state index is 0.0425. The van der Waals surface area contributed by atoms with E-state index in [1.165, 1.54) is 40.3 Å². The number of carbonyl (C=O) groups is 4. The van der Waals surface area contributed by atoms with Crippen LogP contribution in [0.2, 0.25) is 0 Å². The summed E-state index contributed by atoms with van der Waals surface area (Å²) in [5, 5.41) is 20.1. The van der Waals surface area contributed by atoms with Crippen LogP contribution in [0.5, 0.6) is 0 Å². The maximum atomic E-state index is 13.3. The fourth-order valence-electron chi connectivity index (χ4n) is 4.89. The Balaban J connectivity index is 1.76. The second-order valence-corrected chi connectivity index (χ2v) is 9.90. The Morgan fingerprint density at radius 1 is 1.36 bits per heavy atom. The Labute approximate surface area is 210 Å². The maximum Gasteiger partial charge on any atom is 0.352 e. The highest BCUT2D eigenvalue weighted by atomic mass is 32.1. The average Bonchev–Trinajstić information content (AvgIpc) is 3.46. The van der Waals surface area contributed by atoms with Gasteiger partial charge in [-0.05, 0) is 13.0 Å². The second-order valence-electron chi connectivity index (χ2n) is 8.87. The molecule has 0 bridgehead atoms. The summed E-state index contributed by atoms with van der Waals surface area (Å²) < 4.78 is 3.17. The number of nitrogens with two attached hydrogens (primary N) is 1. The van der Waals surface area contributed by atoms with Gasteiger partial charge >= 0.3 is 5.97 Å². The summed E-state index contributed by atoms with van der Waals surface area (Å²) in [7, 11) is 1.60. The number of pyridine rings is 1. The lowest BCUT2D eigenvalue weighted by Gasteiger charge is -2.32. The minimum atomic E-state index is -1.15. The van der Waals surface area contributed by atoms with Crippen LogP contribution in [0.1, 0.15) is 34.8 Å². The first-order valence-electron chi connectivity index (χ1n) is 11.2. The van der Waals surface area contributed by atoms with Crippen LogP contribution in [0.25, 0.3) is 10.4 Å². The van der Waals surface area contributed by atoms with E-state index in [0.29, 0.717) is 27.1 Å². The van der Waals surface area contributed by atoms with Crippen LogP contribution in [-0.4, -0.2) is 67.6 Å². The monoisotopic (exact) mass is 512 g/mol. The molecule has 3 aromatic heterocycles. The van der Waals surface area contributed by atoms with Crippen molar-refractivity contribution in [2.45, 2.75) is 32.5 Å². The van der Waals surface area contributed by atoms with Gasteiger partial charge in [-0.1, -0.05) is 6.92 Å². The number of ketones is 1. The SMILES string of the molecule is C[C@@H](O)[C@@H](C=O)[C@H]1[C@@H](C)C(c2cn3cnc(C(=O)c4ccc[n+](CC(N)=O)c4)c3s2)=C(C(=O)O)N1C. The summed E-state index contributed by atoms with van der Waals surface area (Å²) in [6, 6.07) is 2.70. The van der Waals surface area contributed by atoms with E-state index in [2.05, 4.69) is 4.98 Å². The number of rotatable bonds is 9. The molecular weight excluding hydrogens is 486 g/mol. The normalized spacial score (nSPS) is 19.5. The zero-order chi connectivity index (χ0) is 26.3. The van der Waals surface area contributed by atoms with Gasteiger partial charge in [-0.2, -0.15) is 4.57 Å². The number of aliphatic carboxylic acids is 1. The minimum Gasteiger partial charge on any atom is -0.477 e. The molecule has 0 saturated carbocycles. The highest BCUT2D eigenvalue weighted by Crippen LogP contribution is 2.45. The number of likely N-dealkylation sites (N-methyl/N-ethyl adjacent to an activating group) is 1. The summed E-state index contributed by atoms with van der Waals surface area (Å²) in [6.07, 6.45) is 6.05. The van der Waals surface area contributed by atoms with Gasteiger partial charge in [0.2, 0.25) is 12.3 Å². The van der Waals surface area contributed by atoms with E-state index in [4.69, 9.17) is 5.73 Å². The Bertz CT molecular complexity index is 1410. The van der Waals surface area contributed by atoms with Crippen LogP contribution in [0.15, 0.2) is 42.7 Å². The van der Waals surface area contributed by atoms with Crippen molar-refractivity contribution >= 4 is 45.7 Å². The Morgan fingerprint density at radius 3 is 2.69 bits per heavy atom. The number of thiazole rings is 1. The van der Waals surface area contributed by atoms with Gasteiger partial charge in [0.05, 0.1) is 22.5 Å². The maximum absolute atomic E-state index is 13.3. The van der Waals surface area contributed by atoms with Crippen molar-refractivity contribution in [1.82, 2.24) is 14.3 Å². The second kappa shape index (κ2) is 9.63. The van der Waals surface area contributed by atoms with Crippen molar-refractivity contribution in [2.24, 2.45) is 17.6 Å². The first-order valence-corrected chi connectivity index (χ1v) is 12.0. The van der Waals surface area contributed by atoms with Crippen LogP contribution in [0.3, 0.4) is 0 Å². The van der Waals surface area contributed by atoms with E-state index in [0.717, 1.165) is 0 Å². The first kappa shape index (κ1) is 25.2. The smallest absolute Gasteiger partial charge is 0.352 e. The van der Waals surface area contributed by atoms with Crippen LogP contribution in [0, 0.1) is 11.8 Å². The number of carbonyl (C=O) groups excluding carboxylic acids is 3. The number of nitrogens with zero attached hydrogens (tertiary/aromatic N) is 4. The number of aromatic nitrogens is 3. The summed E-state index contributed by atoms with van der Waals surface area (Å²) in [6.45, 7) is 3.26. The van der Waals surface area contributed by atoms with E-state index >= 15 is 0 Å². The topological polar surface area (TPSA) is 159 Å². The summed E-state index contributed by atoms with van der Waals surface area (Å²) in [4.78, 5) is 55.4. The Kier molecular flexibility index (Phi) is 6.74. The largest absolute Gasteiger partial charge is 0.477 e. The van der Waals surface area contributed by atoms with Crippen molar-refractivity contribution in [2.75, 3.05) is 7.05 Å². The van der Waals surface area contributed by atoms with Gasteiger partial charge < -0.3 is 25.6 Å². The third-order valence-electron chi connectivity index (χ3n) is 6.48. The predicted molar refractivity (Wildman–Crippen MR) is 129 cm³/mol. The van der Waals surface area contributed by atoms with Crippen LogP contribution in [-0.2, 0) is 20.9 Å². The molecule has 0 unspecified atom stereocenters. The number of hydrogen-bond acceptors (Lipinski definition) is 8. The zero-order valence-electron chi connectivity index (χ0n) is 19.9. The number of aldehydes is 1. The van der Waals surface area contributed by atoms with Crippen molar-refractivity contribution < 1.29 is 34.0 Å². The molecule has 12 heteroatoms. The first-order chi connectivity index (χ1) is 17.0. The fourth-order valence-corrected chi connectivity index (χ4v) is 6.10. The van der Waals surface area contributed by atoms with Crippen molar-refractivity contribution in [3.05, 3.63) is 58.9 Å². The van der Waals surface area contributed by atoms with Crippen molar-refractivity contribution in [3.8, 4) is 0 Å². The highest BCUT2D eigenvalue weighted by Gasteiger charge is 2.45. The number of hydrogen-bond donors (Lipinski definition) is 3. The molecule has 0 spiro atoms. The molecule has 11 nitrogen and oxygen atoms in total. The Hall–Kier alpha value is -3.90. The van der Waals surface area contributed by atoms with Crippen LogP contribution < -0.4 is 10.3 Å². The number of carboxylic acids is 1. The van der Waals surface area contributed by atoms with Crippen molar-refractivity contribution in [3.63, 3.8) is 0 Å². The molecule has 4 heterocycles. The molecule has 1 aliphatic rings. The van der Waals surface area contributed by atoms with E-state index < -0.39 is 29.9 Å². The van der Waals surface area contributed by atoms with Gasteiger partial charge in [0.25, 0.3) is 5.91 Å². The molecule has 188 valence electrons. The number of aliphatic hydroxyl groups is 1. The van der Waals surface area contributed by atoms with Crippen LogP contribution in [0.4, 0.5) is 0 Å². The van der Waals surface area contributed by atoms with Crippen molar-refractivity contribution in [1.29, 1.82) is 0 Å². The van der Waals surface area contributed by atoms with E-state index in [-0.39, 0.29) is 29.6 Å². The lowest BCUT2D eigenvalue weighted by Crippen LogP contribution is -2.43. The molecule has 0 fully saturated rings. The number of imidazole rings is 1. The number of primary amides is 1. The molecule has 0 aromatic carbocycles. The van der Waals surface area contributed by atoms with Gasteiger partial charge in [-0.25, -0.2) is 9.78 Å². The lowest BCUT2D eigenvalue weighted by molar-refractivity contribution is -0.684. The molecule has 1 amide bonds. The molecule has 3 aromatic rings. The molecule has 4 rings (SSSR count). The van der Waals surface area contributed by atoms with Gasteiger partial charge in [0.15, 0.2) is 12.4 Å². The molecular formula is C24H26N5O6S+. The molecule has 0 aliphatic carbocycles. The summed E-state index contributed by atoms with van der Waals surface area (Å²) in [5.41, 5.74) is 6.32. The van der Waals surface area contributed by atoms with Gasteiger partial charge in [-0.15, -0.1) is 11.3 Å². The standard InChI is InChI=1S/C24H25N5O6S/c1-12-18(21(24(34)35)27(3)20(12)15(10-30)13(2)31)16-8-29-11-26-19(23(29)36-16)22(33)14-5-4-6-28(7-14)9-17(25)32/h4-8,10-13,15,20,31H,9H2,1-3H3,(H2-,25,32,34,35)/p+1/t12-,13+,15+,20+/m0/s1. The molecule has 1 aliphatic heterocycles. The van der Waals surface area contributed by atoms with E-state index in [1.807, 2.05) is 6.92 Å². The number of fused-ring (bicyclic) bond motifs is 1. The van der Waals surface area contributed by atoms with Gasteiger partial charge in [-0.3, -0.25) is 14.0 Å². The van der Waals surface area contributed by atoms with Gasteiger partial charge in [0, 0.05) is 36.8 Å². The lowest BCUT2D eigenvalue weighted by atomic mass is 9.84. The molecule has 36 heavy (non-hydrogen) atoms. The fraction of sp³-hybridized carbons (Fsp3) is 0.333. The third-order valence-corrected chi connectivity index (χ3v) is 7.63. The predicted octanol–water partition coefficient (Wildman–Crippen LogP) is 0.341. The zero-order valence-corrected chi connectivity index (χ0v) is 20.7. The van der Waals surface area contributed by atoms with Gasteiger partial charge in [0.1, 0.15) is 28.8 Å². The molecule has 0 saturated heterocycles.